The van der Waals surface area contributed by atoms with E-state index in [0.717, 1.165) is 15.5 Å². The average Bonchev–Trinajstić information content (AvgIpc) is 3.15. The van der Waals surface area contributed by atoms with Crippen LogP contribution >= 0.6 is 11.3 Å². The Balaban J connectivity index is 2.00. The summed E-state index contributed by atoms with van der Waals surface area (Å²) >= 11 is 1.53. The lowest BCUT2D eigenvalue weighted by atomic mass is 9.70. The summed E-state index contributed by atoms with van der Waals surface area (Å²) < 4.78 is 15.9. The lowest BCUT2D eigenvalue weighted by Gasteiger charge is -2.37. The first-order valence-electron chi connectivity index (χ1n) is 10.8. The van der Waals surface area contributed by atoms with Crippen LogP contribution in [0.3, 0.4) is 0 Å². The van der Waals surface area contributed by atoms with Crippen LogP contribution in [-0.2, 0) is 28.6 Å². The van der Waals surface area contributed by atoms with Gasteiger partial charge in [-0.05, 0) is 52.2 Å². The molecular weight excluding hydrogens is 430 g/mol. The number of aryl methyl sites for hydroxylation is 1. The average molecular weight is 462 g/mol. The van der Waals surface area contributed by atoms with Crippen LogP contribution in [0.15, 0.2) is 34.7 Å². The van der Waals surface area contributed by atoms with Gasteiger partial charge in [0.1, 0.15) is 12.5 Å². The van der Waals surface area contributed by atoms with Crippen LogP contribution in [0.4, 0.5) is 0 Å². The van der Waals surface area contributed by atoms with Gasteiger partial charge in [-0.25, -0.2) is 4.79 Å². The number of allylic oxidation sites excluding steroid dienone is 3. The summed E-state index contributed by atoms with van der Waals surface area (Å²) in [5, 5.41) is 3.26. The second-order valence-electron chi connectivity index (χ2n) is 8.54. The van der Waals surface area contributed by atoms with Gasteiger partial charge >= 0.3 is 11.9 Å². The Morgan fingerprint density at radius 3 is 2.53 bits per heavy atom. The molecule has 0 bridgehead atoms. The molecule has 2 aliphatic rings. The quantitative estimate of drug-likeness (QED) is 0.377. The lowest BCUT2D eigenvalue weighted by Crippen LogP contribution is -2.43. The topological polar surface area (TPSA) is 90.9 Å². The standard InChI is InChI=1S/C24H31NO6S/c1-12(2)30-9-10-31-24(28)19-15(5)25-16-11-13(3)18(23(27)29-6)22(26)20(16)21(19)17-8-7-14(4)32-17/h7-8,12-13,18,21,25H,9-11H2,1-6H3/t13-,18-,21+/m0/s1. The molecule has 3 rings (SSSR count). The van der Waals surface area contributed by atoms with Crippen molar-refractivity contribution in [1.29, 1.82) is 0 Å². The summed E-state index contributed by atoms with van der Waals surface area (Å²) in [6.07, 6.45) is 0.557. The highest BCUT2D eigenvalue weighted by atomic mass is 32.1. The van der Waals surface area contributed by atoms with E-state index in [1.807, 2.05) is 46.8 Å². The van der Waals surface area contributed by atoms with Crippen molar-refractivity contribution in [2.45, 2.75) is 53.1 Å². The smallest absolute Gasteiger partial charge is 0.336 e. The molecule has 1 aliphatic carbocycles. The normalized spacial score (nSPS) is 23.2. The molecule has 0 saturated carbocycles. The Hall–Kier alpha value is -2.45. The summed E-state index contributed by atoms with van der Waals surface area (Å²) in [6.45, 7) is 9.90. The summed E-state index contributed by atoms with van der Waals surface area (Å²) in [4.78, 5) is 41.1. The minimum atomic E-state index is -0.890. The summed E-state index contributed by atoms with van der Waals surface area (Å²) in [6, 6.07) is 3.90. The van der Waals surface area contributed by atoms with Crippen molar-refractivity contribution in [3.8, 4) is 0 Å². The van der Waals surface area contributed by atoms with Crippen LogP contribution in [0.1, 0.15) is 49.8 Å². The molecule has 1 aromatic heterocycles. The third kappa shape index (κ3) is 4.81. The number of carbonyl (C=O) groups is 3. The maximum Gasteiger partial charge on any atom is 0.336 e. The van der Waals surface area contributed by atoms with Crippen LogP contribution in [0.25, 0.3) is 0 Å². The number of methoxy groups -OCH3 is 1. The molecule has 3 atom stereocenters. The number of nitrogens with one attached hydrogen (secondary N) is 1. The SMILES string of the molecule is COC(=O)[C@@H]1C(=O)C2=C(C[C@@H]1C)NC(C)=C(C(=O)OCCOC(C)C)[C@H]2c1ccc(C)s1. The van der Waals surface area contributed by atoms with Gasteiger partial charge < -0.3 is 19.5 Å². The van der Waals surface area contributed by atoms with Crippen molar-refractivity contribution < 1.29 is 28.6 Å². The molecule has 8 heteroatoms. The molecule has 32 heavy (non-hydrogen) atoms. The summed E-state index contributed by atoms with van der Waals surface area (Å²) in [7, 11) is 1.29. The lowest BCUT2D eigenvalue weighted by molar-refractivity contribution is -0.151. The fraction of sp³-hybridized carbons (Fsp3) is 0.542. The first kappa shape index (κ1) is 24.2. The second kappa shape index (κ2) is 10.0. The zero-order valence-corrected chi connectivity index (χ0v) is 20.3. The second-order valence-corrected chi connectivity index (χ2v) is 9.86. The van der Waals surface area contributed by atoms with Gasteiger partial charge in [0.05, 0.1) is 31.3 Å². The molecule has 0 aromatic carbocycles. The zero-order valence-electron chi connectivity index (χ0n) is 19.4. The number of ketones is 1. The molecule has 0 radical (unpaired) electrons. The highest BCUT2D eigenvalue weighted by Gasteiger charge is 2.47. The highest BCUT2D eigenvalue weighted by molar-refractivity contribution is 7.12. The minimum Gasteiger partial charge on any atom is -0.468 e. The number of hydrogen-bond acceptors (Lipinski definition) is 8. The van der Waals surface area contributed by atoms with Crippen LogP contribution in [0.5, 0.6) is 0 Å². The summed E-state index contributed by atoms with van der Waals surface area (Å²) in [5.41, 5.74) is 2.26. The van der Waals surface area contributed by atoms with Crippen molar-refractivity contribution in [1.82, 2.24) is 5.32 Å². The van der Waals surface area contributed by atoms with Gasteiger partial charge in [-0.2, -0.15) is 0 Å². The first-order valence-corrected chi connectivity index (χ1v) is 11.6. The van der Waals surface area contributed by atoms with Gasteiger partial charge in [0, 0.05) is 26.7 Å². The highest BCUT2D eigenvalue weighted by Crippen LogP contribution is 2.46. The first-order chi connectivity index (χ1) is 15.1. The van der Waals surface area contributed by atoms with Crippen LogP contribution < -0.4 is 5.32 Å². The summed E-state index contributed by atoms with van der Waals surface area (Å²) in [5.74, 6) is -3.02. The molecule has 1 aromatic rings. The Labute approximate surface area is 192 Å². The monoisotopic (exact) mass is 461 g/mol. The third-order valence-electron chi connectivity index (χ3n) is 5.78. The molecule has 0 unspecified atom stereocenters. The number of esters is 2. The van der Waals surface area contributed by atoms with E-state index in [1.54, 1.807) is 0 Å². The fourth-order valence-electron chi connectivity index (χ4n) is 4.34. The molecule has 0 fully saturated rings. The fourth-order valence-corrected chi connectivity index (χ4v) is 5.34. The Morgan fingerprint density at radius 2 is 1.94 bits per heavy atom. The van der Waals surface area contributed by atoms with E-state index in [4.69, 9.17) is 14.2 Å². The van der Waals surface area contributed by atoms with E-state index in [-0.39, 0.29) is 24.4 Å². The number of ether oxygens (including phenoxy) is 3. The number of carbonyl (C=O) groups excluding carboxylic acids is 3. The van der Waals surface area contributed by atoms with Gasteiger partial charge in [0.2, 0.25) is 0 Å². The number of dihydropyridines is 1. The van der Waals surface area contributed by atoms with Gasteiger partial charge in [-0.15, -0.1) is 11.3 Å². The van der Waals surface area contributed by atoms with Gasteiger partial charge in [0.25, 0.3) is 0 Å². The Bertz CT molecular complexity index is 973. The van der Waals surface area contributed by atoms with Crippen LogP contribution in [-0.4, -0.2) is 44.1 Å². The molecular formula is C24H31NO6S. The molecule has 174 valence electrons. The number of Topliss-reactive ketones (excluding diaryl/α,β-unsaturated/α-hetero) is 1. The Kier molecular flexibility index (Phi) is 7.56. The molecule has 1 aliphatic heterocycles. The number of hydrogen-bond donors (Lipinski definition) is 1. The molecule has 0 amide bonds. The molecule has 7 nitrogen and oxygen atoms in total. The van der Waals surface area contributed by atoms with E-state index in [0.29, 0.717) is 29.9 Å². The van der Waals surface area contributed by atoms with Crippen molar-refractivity contribution in [3.05, 3.63) is 44.4 Å². The van der Waals surface area contributed by atoms with Gasteiger partial charge in [-0.1, -0.05) is 6.92 Å². The number of rotatable bonds is 7. The maximum atomic E-state index is 13.6. The predicted octanol–water partition coefficient (Wildman–Crippen LogP) is 3.64. The van der Waals surface area contributed by atoms with E-state index in [2.05, 4.69) is 5.32 Å². The van der Waals surface area contributed by atoms with E-state index in [1.165, 1.54) is 18.4 Å². The minimum absolute atomic E-state index is 0.0395. The zero-order chi connectivity index (χ0) is 23.6. The van der Waals surface area contributed by atoms with E-state index in [9.17, 15) is 14.4 Å². The largest absolute Gasteiger partial charge is 0.468 e. The Morgan fingerprint density at radius 1 is 1.22 bits per heavy atom. The van der Waals surface area contributed by atoms with Gasteiger partial charge in [0.15, 0.2) is 5.78 Å². The maximum absolute atomic E-state index is 13.6. The van der Waals surface area contributed by atoms with Crippen molar-refractivity contribution in [2.24, 2.45) is 11.8 Å². The van der Waals surface area contributed by atoms with Crippen molar-refractivity contribution in [3.63, 3.8) is 0 Å². The van der Waals surface area contributed by atoms with E-state index < -0.39 is 23.8 Å². The molecule has 1 N–H and O–H groups in total. The third-order valence-corrected chi connectivity index (χ3v) is 6.84. The number of thiophene rings is 1. The van der Waals surface area contributed by atoms with Crippen molar-refractivity contribution in [2.75, 3.05) is 20.3 Å². The molecule has 0 saturated heterocycles. The molecule has 2 heterocycles. The van der Waals surface area contributed by atoms with E-state index >= 15 is 0 Å². The van der Waals surface area contributed by atoms with Gasteiger partial charge in [-0.3, -0.25) is 9.59 Å². The van der Waals surface area contributed by atoms with Crippen LogP contribution in [0.2, 0.25) is 0 Å². The van der Waals surface area contributed by atoms with Crippen LogP contribution in [0, 0.1) is 18.8 Å². The van der Waals surface area contributed by atoms with Crippen molar-refractivity contribution >= 4 is 29.1 Å². The predicted molar refractivity (Wildman–Crippen MR) is 121 cm³/mol. The molecule has 0 spiro atoms.